The van der Waals surface area contributed by atoms with E-state index in [4.69, 9.17) is 27.6 Å². The van der Waals surface area contributed by atoms with Gasteiger partial charge in [0.25, 0.3) is 11.7 Å². The van der Waals surface area contributed by atoms with Crippen LogP contribution in [0, 0.1) is 0 Å². The average Bonchev–Trinajstić information content (AvgIpc) is 3.32. The highest BCUT2D eigenvalue weighted by atomic mass is 35.5. The molecule has 0 saturated carbocycles. The number of halogens is 2. The third-order valence-corrected chi connectivity index (χ3v) is 5.38. The molecule has 1 unspecified atom stereocenters. The van der Waals surface area contributed by atoms with Crippen LogP contribution in [0.4, 0.5) is 0 Å². The maximum absolute atomic E-state index is 12.9. The summed E-state index contributed by atoms with van der Waals surface area (Å²) in [6.45, 7) is 0.0648. The molecule has 29 heavy (non-hydrogen) atoms. The van der Waals surface area contributed by atoms with E-state index in [9.17, 15) is 14.7 Å². The van der Waals surface area contributed by atoms with E-state index in [1.807, 2.05) is 0 Å². The zero-order valence-corrected chi connectivity index (χ0v) is 16.4. The van der Waals surface area contributed by atoms with Crippen molar-refractivity contribution in [1.82, 2.24) is 9.88 Å². The fourth-order valence-corrected chi connectivity index (χ4v) is 3.59. The van der Waals surface area contributed by atoms with Crippen LogP contribution in [-0.2, 0) is 16.1 Å². The summed E-state index contributed by atoms with van der Waals surface area (Å²) in [5.74, 6) is -1.36. The molecule has 1 N–H and O–H groups in total. The Labute approximate surface area is 176 Å². The number of rotatable bonds is 4. The first-order valence-corrected chi connectivity index (χ1v) is 9.39. The number of nitrogens with zero attached hydrogens (tertiary/aromatic N) is 2. The van der Waals surface area contributed by atoms with Gasteiger partial charge < -0.3 is 14.4 Å². The lowest BCUT2D eigenvalue weighted by molar-refractivity contribution is -0.140. The van der Waals surface area contributed by atoms with Crippen molar-refractivity contribution >= 4 is 40.7 Å². The summed E-state index contributed by atoms with van der Waals surface area (Å²) in [6.07, 6.45) is 4.62. The Hall–Kier alpha value is -3.09. The van der Waals surface area contributed by atoms with Crippen LogP contribution in [0.5, 0.6) is 0 Å². The summed E-state index contributed by atoms with van der Waals surface area (Å²) in [5, 5.41) is 11.5. The maximum atomic E-state index is 12.9. The third kappa shape index (κ3) is 3.52. The molecule has 0 radical (unpaired) electrons. The fraction of sp³-hybridized carbons (Fsp3) is 0.0952. The predicted octanol–water partition coefficient (Wildman–Crippen LogP) is 4.60. The molecular weight excluding hydrogens is 415 g/mol. The van der Waals surface area contributed by atoms with E-state index in [0.717, 1.165) is 0 Å². The molecule has 8 heteroatoms. The molecule has 6 nitrogen and oxygen atoms in total. The number of pyridine rings is 1. The number of amides is 1. The smallest absolute Gasteiger partial charge is 0.296 e. The highest BCUT2D eigenvalue weighted by molar-refractivity contribution is 6.46. The molecule has 0 spiro atoms. The maximum Gasteiger partial charge on any atom is 0.296 e. The second kappa shape index (κ2) is 7.73. The molecule has 1 fully saturated rings. The number of aromatic nitrogens is 1. The Morgan fingerprint density at radius 3 is 2.62 bits per heavy atom. The highest BCUT2D eigenvalue weighted by Gasteiger charge is 2.46. The van der Waals surface area contributed by atoms with Crippen LogP contribution >= 0.6 is 23.2 Å². The van der Waals surface area contributed by atoms with Gasteiger partial charge in [-0.15, -0.1) is 0 Å². The summed E-state index contributed by atoms with van der Waals surface area (Å²) in [6, 6.07) is 10.5. The van der Waals surface area contributed by atoms with E-state index >= 15 is 0 Å². The van der Waals surface area contributed by atoms with Crippen molar-refractivity contribution in [3.05, 3.63) is 93.6 Å². The minimum atomic E-state index is -0.830. The highest BCUT2D eigenvalue weighted by Crippen LogP contribution is 2.40. The quantitative estimate of drug-likeness (QED) is 0.372. The number of hydrogen-bond acceptors (Lipinski definition) is 5. The van der Waals surface area contributed by atoms with Crippen LogP contribution < -0.4 is 0 Å². The zero-order valence-electron chi connectivity index (χ0n) is 14.9. The van der Waals surface area contributed by atoms with Gasteiger partial charge in [0, 0.05) is 18.0 Å². The summed E-state index contributed by atoms with van der Waals surface area (Å²) in [4.78, 5) is 31.1. The van der Waals surface area contributed by atoms with Crippen LogP contribution in [0.2, 0.25) is 10.0 Å². The lowest BCUT2D eigenvalue weighted by Crippen LogP contribution is -2.29. The Kier molecular flexibility index (Phi) is 5.13. The summed E-state index contributed by atoms with van der Waals surface area (Å²) >= 11 is 12.0. The van der Waals surface area contributed by atoms with Crippen LogP contribution in [0.25, 0.3) is 5.76 Å². The molecule has 2 aromatic heterocycles. The average molecular weight is 429 g/mol. The van der Waals surface area contributed by atoms with Gasteiger partial charge in [0.15, 0.2) is 0 Å². The van der Waals surface area contributed by atoms with Crippen molar-refractivity contribution in [1.29, 1.82) is 0 Å². The SMILES string of the molecule is O=C1C(=O)N(Cc2ccco2)C(c2cccnc2)/C1=C(/O)c1ccc(Cl)c(Cl)c1. The zero-order chi connectivity index (χ0) is 20.5. The molecule has 1 aliphatic rings. The number of aliphatic hydroxyl groups is 1. The first-order valence-electron chi connectivity index (χ1n) is 8.63. The summed E-state index contributed by atoms with van der Waals surface area (Å²) in [7, 11) is 0. The van der Waals surface area contributed by atoms with Crippen LogP contribution in [0.3, 0.4) is 0 Å². The normalized spacial score (nSPS) is 18.4. The van der Waals surface area contributed by atoms with Crippen LogP contribution in [0.15, 0.2) is 71.1 Å². The Balaban J connectivity index is 1.87. The van der Waals surface area contributed by atoms with Gasteiger partial charge in [-0.1, -0.05) is 29.3 Å². The summed E-state index contributed by atoms with van der Waals surface area (Å²) < 4.78 is 5.34. The first kappa shape index (κ1) is 19.2. The number of carbonyl (C=O) groups excluding carboxylic acids is 2. The molecule has 3 heterocycles. The number of Topliss-reactive ketones (excluding diaryl/α,β-unsaturated/α-hetero) is 1. The molecule has 1 aromatic carbocycles. The molecular formula is C21H14Cl2N2O4. The van der Waals surface area contributed by atoms with Crippen molar-refractivity contribution < 1.29 is 19.1 Å². The van der Waals surface area contributed by atoms with E-state index in [2.05, 4.69) is 4.98 Å². The molecule has 146 valence electrons. The fourth-order valence-electron chi connectivity index (χ4n) is 3.30. The standard InChI is InChI=1S/C21H14Cl2N2O4/c22-15-6-5-12(9-16(15)23)19(26)17-18(13-3-1-7-24-10-13)25(21(28)20(17)27)11-14-4-2-8-29-14/h1-10,18,26H,11H2/b19-17-. The summed E-state index contributed by atoms with van der Waals surface area (Å²) in [5.41, 5.74) is 0.817. The van der Waals surface area contributed by atoms with Gasteiger partial charge in [-0.2, -0.15) is 0 Å². The van der Waals surface area contributed by atoms with E-state index in [-0.39, 0.29) is 28.5 Å². The lowest BCUT2D eigenvalue weighted by atomic mass is 9.96. The predicted molar refractivity (Wildman–Crippen MR) is 107 cm³/mol. The van der Waals surface area contributed by atoms with Gasteiger partial charge in [0.2, 0.25) is 0 Å². The number of furan rings is 1. The number of carbonyl (C=O) groups is 2. The van der Waals surface area contributed by atoms with E-state index in [0.29, 0.717) is 16.3 Å². The third-order valence-electron chi connectivity index (χ3n) is 4.64. The molecule has 1 amide bonds. The molecule has 0 bridgehead atoms. The minimum Gasteiger partial charge on any atom is -0.507 e. The second-order valence-corrected chi connectivity index (χ2v) is 7.24. The number of ketones is 1. The van der Waals surface area contributed by atoms with Crippen molar-refractivity contribution in [2.75, 3.05) is 0 Å². The van der Waals surface area contributed by atoms with Gasteiger partial charge >= 0.3 is 0 Å². The van der Waals surface area contributed by atoms with Gasteiger partial charge in [0.1, 0.15) is 11.5 Å². The van der Waals surface area contributed by atoms with Crippen molar-refractivity contribution in [2.45, 2.75) is 12.6 Å². The van der Waals surface area contributed by atoms with Crippen molar-refractivity contribution in [2.24, 2.45) is 0 Å². The van der Waals surface area contributed by atoms with Crippen molar-refractivity contribution in [3.8, 4) is 0 Å². The second-order valence-electron chi connectivity index (χ2n) is 6.42. The monoisotopic (exact) mass is 428 g/mol. The van der Waals surface area contributed by atoms with Crippen LogP contribution in [-0.4, -0.2) is 26.7 Å². The van der Waals surface area contributed by atoms with E-state index in [1.165, 1.54) is 29.4 Å². The number of hydrogen-bond donors (Lipinski definition) is 1. The van der Waals surface area contributed by atoms with Gasteiger partial charge in [-0.05, 0) is 42.0 Å². The Morgan fingerprint density at radius 1 is 1.14 bits per heavy atom. The van der Waals surface area contributed by atoms with Gasteiger partial charge in [0.05, 0.1) is 34.5 Å². The Bertz CT molecular complexity index is 1110. The molecule has 4 rings (SSSR count). The first-order chi connectivity index (χ1) is 14.0. The molecule has 1 saturated heterocycles. The van der Waals surface area contributed by atoms with E-state index < -0.39 is 17.7 Å². The molecule has 3 aromatic rings. The van der Waals surface area contributed by atoms with Crippen molar-refractivity contribution in [3.63, 3.8) is 0 Å². The molecule has 1 atom stereocenters. The number of likely N-dealkylation sites (tertiary alicyclic amines) is 1. The van der Waals surface area contributed by atoms with E-state index in [1.54, 1.807) is 36.7 Å². The van der Waals surface area contributed by atoms with Crippen LogP contribution in [0.1, 0.15) is 22.9 Å². The van der Waals surface area contributed by atoms with Gasteiger partial charge in [-0.3, -0.25) is 14.6 Å². The topological polar surface area (TPSA) is 83.6 Å². The largest absolute Gasteiger partial charge is 0.507 e. The van der Waals surface area contributed by atoms with Gasteiger partial charge in [-0.25, -0.2) is 0 Å². The molecule has 1 aliphatic heterocycles. The molecule has 0 aliphatic carbocycles. The Morgan fingerprint density at radius 2 is 1.97 bits per heavy atom. The number of aliphatic hydroxyl groups excluding tert-OH is 1. The lowest BCUT2D eigenvalue weighted by Gasteiger charge is -2.24. The number of benzene rings is 1. The minimum absolute atomic E-state index is 0.0482.